The Morgan fingerprint density at radius 2 is 2.20 bits per heavy atom. The molecule has 1 rings (SSSR count). The van der Waals surface area contributed by atoms with Crippen LogP contribution < -0.4 is 4.74 Å². The molecule has 0 radical (unpaired) electrons. The average Bonchev–Trinajstić information content (AvgIpc) is 1.94. The van der Waals surface area contributed by atoms with Crippen LogP contribution in [-0.4, -0.2) is 7.11 Å². The van der Waals surface area contributed by atoms with Gasteiger partial charge < -0.3 is 4.74 Å². The molecule has 0 spiro atoms. The van der Waals surface area contributed by atoms with Crippen LogP contribution in [0.1, 0.15) is 0 Å². The second-order valence-electron chi connectivity index (χ2n) is 1.78. The lowest BCUT2D eigenvalue weighted by Gasteiger charge is -2.00. The molecule has 1 nitrogen and oxygen atoms in total. The normalized spacial score (nSPS) is 9.50. The Morgan fingerprint density at radius 1 is 1.50 bits per heavy atom. The van der Waals surface area contributed by atoms with Gasteiger partial charge in [-0.15, -0.1) is 0 Å². The average molecular weight is 252 g/mol. The van der Waals surface area contributed by atoms with E-state index in [1.165, 1.54) is 13.2 Å². The van der Waals surface area contributed by atoms with E-state index in [1.54, 1.807) is 12.1 Å². The van der Waals surface area contributed by atoms with E-state index in [1.807, 2.05) is 0 Å². The predicted molar refractivity (Wildman–Crippen MR) is 45.7 cm³/mol. The minimum Gasteiger partial charge on any atom is -0.494 e. The zero-order valence-electron chi connectivity index (χ0n) is 5.40. The predicted octanol–water partition coefficient (Wildman–Crippen LogP) is 2.44. The fourth-order valence-electron chi connectivity index (χ4n) is 0.634. The molecule has 54 valence electrons. The number of benzene rings is 1. The van der Waals surface area contributed by atoms with Crippen LogP contribution >= 0.6 is 22.6 Å². The highest BCUT2D eigenvalue weighted by Gasteiger charge is 1.99. The molecule has 0 bridgehead atoms. The number of hydrogen-bond acceptors (Lipinski definition) is 1. The highest BCUT2D eigenvalue weighted by molar-refractivity contribution is 14.1. The lowest BCUT2D eigenvalue weighted by Crippen LogP contribution is -1.87. The molecule has 0 heterocycles. The molecule has 0 unspecified atom stereocenters. The molecule has 3 heteroatoms. The van der Waals surface area contributed by atoms with Crippen molar-refractivity contribution in [3.8, 4) is 5.75 Å². The van der Waals surface area contributed by atoms with Crippen molar-refractivity contribution in [2.45, 2.75) is 0 Å². The molecule has 0 N–H and O–H groups in total. The van der Waals surface area contributed by atoms with Gasteiger partial charge in [0.25, 0.3) is 0 Å². The second-order valence-corrected chi connectivity index (χ2v) is 3.02. The van der Waals surface area contributed by atoms with Crippen molar-refractivity contribution in [2.75, 3.05) is 7.11 Å². The molecule has 0 amide bonds. The Kier molecular flexibility index (Phi) is 2.48. The minimum absolute atomic E-state index is 0.298. The third-order valence-corrected chi connectivity index (χ3v) is 1.78. The van der Waals surface area contributed by atoms with Gasteiger partial charge in [0, 0.05) is 3.57 Å². The largest absolute Gasteiger partial charge is 0.494 e. The van der Waals surface area contributed by atoms with E-state index in [2.05, 4.69) is 22.6 Å². The maximum absolute atomic E-state index is 12.6. The zero-order valence-corrected chi connectivity index (χ0v) is 7.55. The van der Waals surface area contributed by atoms with Gasteiger partial charge in [-0.25, -0.2) is 4.39 Å². The van der Waals surface area contributed by atoms with E-state index in [9.17, 15) is 4.39 Å². The number of ether oxygens (including phenoxy) is 1. The smallest absolute Gasteiger partial charge is 0.165 e. The standard InChI is InChI=1S/C7H6FIO/c1-10-7-4-5(9)2-3-6(7)8/h2-4H,1H3. The number of rotatable bonds is 1. The molecular weight excluding hydrogens is 246 g/mol. The van der Waals surface area contributed by atoms with Crippen molar-refractivity contribution < 1.29 is 9.13 Å². The number of methoxy groups -OCH3 is 1. The van der Waals surface area contributed by atoms with E-state index in [0.717, 1.165) is 3.57 Å². The summed E-state index contributed by atoms with van der Waals surface area (Å²) in [5, 5.41) is 0. The molecule has 1 aromatic carbocycles. The highest BCUT2D eigenvalue weighted by Crippen LogP contribution is 2.18. The summed E-state index contributed by atoms with van der Waals surface area (Å²) in [7, 11) is 1.45. The molecule has 0 aliphatic carbocycles. The van der Waals surface area contributed by atoms with Crippen molar-refractivity contribution in [2.24, 2.45) is 0 Å². The topological polar surface area (TPSA) is 9.23 Å². The van der Waals surface area contributed by atoms with Crippen LogP contribution in [0.3, 0.4) is 0 Å². The van der Waals surface area contributed by atoms with Crippen LogP contribution in [0.25, 0.3) is 0 Å². The first-order chi connectivity index (χ1) is 4.74. The molecule has 0 aliphatic heterocycles. The van der Waals surface area contributed by atoms with Crippen LogP contribution in [0.4, 0.5) is 4.39 Å². The molecule has 0 saturated carbocycles. The summed E-state index contributed by atoms with van der Waals surface area (Å²) < 4.78 is 18.4. The van der Waals surface area contributed by atoms with Gasteiger partial charge in [-0.3, -0.25) is 0 Å². The highest BCUT2D eigenvalue weighted by atomic mass is 127. The van der Waals surface area contributed by atoms with Crippen LogP contribution in [-0.2, 0) is 0 Å². The Morgan fingerprint density at radius 3 is 2.70 bits per heavy atom. The van der Waals surface area contributed by atoms with E-state index in [-0.39, 0.29) is 5.82 Å². The molecule has 0 fully saturated rings. The molecule has 0 aromatic heterocycles. The maximum atomic E-state index is 12.6. The minimum atomic E-state index is -0.317. The molecule has 0 saturated heterocycles. The van der Waals surface area contributed by atoms with E-state index >= 15 is 0 Å². The quantitative estimate of drug-likeness (QED) is 0.697. The summed E-state index contributed by atoms with van der Waals surface area (Å²) in [6.45, 7) is 0. The van der Waals surface area contributed by atoms with Crippen molar-refractivity contribution in [3.63, 3.8) is 0 Å². The van der Waals surface area contributed by atoms with E-state index in [4.69, 9.17) is 4.74 Å². The van der Waals surface area contributed by atoms with Crippen molar-refractivity contribution in [1.29, 1.82) is 0 Å². The molecule has 0 aliphatic rings. The Balaban J connectivity index is 3.09. The van der Waals surface area contributed by atoms with Crippen LogP contribution in [0, 0.1) is 9.39 Å². The zero-order chi connectivity index (χ0) is 7.56. The third-order valence-electron chi connectivity index (χ3n) is 1.11. The molecule has 0 atom stereocenters. The summed E-state index contributed by atoms with van der Waals surface area (Å²) >= 11 is 2.10. The number of halogens is 2. The second kappa shape index (κ2) is 3.18. The van der Waals surface area contributed by atoms with E-state index < -0.39 is 0 Å². The molecular formula is C7H6FIO. The summed E-state index contributed by atoms with van der Waals surface area (Å²) in [5.74, 6) is -0.0187. The summed E-state index contributed by atoms with van der Waals surface area (Å²) in [6.07, 6.45) is 0. The van der Waals surface area contributed by atoms with Gasteiger partial charge in [0.15, 0.2) is 11.6 Å². The fourth-order valence-corrected chi connectivity index (χ4v) is 1.10. The van der Waals surface area contributed by atoms with Gasteiger partial charge in [0.1, 0.15) is 0 Å². The van der Waals surface area contributed by atoms with Crippen LogP contribution in [0.15, 0.2) is 18.2 Å². The number of hydrogen-bond donors (Lipinski definition) is 0. The van der Waals surface area contributed by atoms with Gasteiger partial charge in [-0.05, 0) is 40.8 Å². The summed E-state index contributed by atoms with van der Waals surface area (Å²) in [4.78, 5) is 0. The Labute approximate surface area is 72.3 Å². The van der Waals surface area contributed by atoms with Gasteiger partial charge in [0.2, 0.25) is 0 Å². The van der Waals surface area contributed by atoms with Gasteiger partial charge in [0.05, 0.1) is 7.11 Å². The van der Waals surface area contributed by atoms with Crippen LogP contribution in [0.5, 0.6) is 5.75 Å². The lowest BCUT2D eigenvalue weighted by atomic mass is 10.3. The van der Waals surface area contributed by atoms with Crippen molar-refractivity contribution in [1.82, 2.24) is 0 Å². The van der Waals surface area contributed by atoms with Gasteiger partial charge in [-0.1, -0.05) is 0 Å². The molecule has 1 aromatic rings. The lowest BCUT2D eigenvalue weighted by molar-refractivity contribution is 0.386. The summed E-state index contributed by atoms with van der Waals surface area (Å²) in [5.41, 5.74) is 0. The maximum Gasteiger partial charge on any atom is 0.165 e. The van der Waals surface area contributed by atoms with Crippen molar-refractivity contribution in [3.05, 3.63) is 27.6 Å². The third kappa shape index (κ3) is 1.59. The van der Waals surface area contributed by atoms with Crippen LogP contribution in [0.2, 0.25) is 0 Å². The first kappa shape index (κ1) is 7.78. The first-order valence-electron chi connectivity index (χ1n) is 2.73. The first-order valence-corrected chi connectivity index (χ1v) is 3.81. The SMILES string of the molecule is COc1cc(I)ccc1F. The van der Waals surface area contributed by atoms with Gasteiger partial charge in [-0.2, -0.15) is 0 Å². The fraction of sp³-hybridized carbons (Fsp3) is 0.143. The molecule has 10 heavy (non-hydrogen) atoms. The Bertz CT molecular complexity index is 237. The summed E-state index contributed by atoms with van der Waals surface area (Å²) in [6, 6.07) is 4.73. The van der Waals surface area contributed by atoms with Crippen molar-refractivity contribution >= 4 is 22.6 Å². The van der Waals surface area contributed by atoms with Gasteiger partial charge >= 0.3 is 0 Å². The monoisotopic (exact) mass is 252 g/mol. The van der Waals surface area contributed by atoms with E-state index in [0.29, 0.717) is 5.75 Å². The Hall–Kier alpha value is -0.320.